The second-order valence-corrected chi connectivity index (χ2v) is 7.10. The van der Waals surface area contributed by atoms with Crippen LogP contribution in [0.1, 0.15) is 22.7 Å². The van der Waals surface area contributed by atoms with Crippen molar-refractivity contribution in [2.24, 2.45) is 11.0 Å². The van der Waals surface area contributed by atoms with Gasteiger partial charge in [0.25, 0.3) is 11.5 Å². The number of aromatic amines is 1. The maximum absolute atomic E-state index is 12.7. The van der Waals surface area contributed by atoms with Gasteiger partial charge in [0.2, 0.25) is 5.91 Å². The zero-order chi connectivity index (χ0) is 21.1. The molecule has 0 aliphatic carbocycles. The maximum Gasteiger partial charge on any atom is 0.280 e. The van der Waals surface area contributed by atoms with E-state index in [0.717, 1.165) is 5.56 Å². The van der Waals surface area contributed by atoms with Gasteiger partial charge in [-0.05, 0) is 24.6 Å². The van der Waals surface area contributed by atoms with Gasteiger partial charge in [-0.1, -0.05) is 48.5 Å². The molecule has 0 saturated carbocycles. The van der Waals surface area contributed by atoms with Gasteiger partial charge in [-0.3, -0.25) is 19.5 Å². The van der Waals surface area contributed by atoms with Crippen molar-refractivity contribution in [1.29, 1.82) is 0 Å². The van der Waals surface area contributed by atoms with Crippen LogP contribution in [0.5, 0.6) is 0 Å². The van der Waals surface area contributed by atoms with Crippen molar-refractivity contribution in [3.63, 3.8) is 0 Å². The Morgan fingerprint density at radius 1 is 1.10 bits per heavy atom. The number of aryl methyl sites for hydroxylation is 1. The van der Waals surface area contributed by atoms with Crippen LogP contribution >= 0.6 is 0 Å². The summed E-state index contributed by atoms with van der Waals surface area (Å²) in [6.45, 7) is 2.14. The Kier molecular flexibility index (Phi) is 5.30. The van der Waals surface area contributed by atoms with E-state index in [0.29, 0.717) is 23.5 Å². The minimum Gasteiger partial charge on any atom is -0.355 e. The first-order valence-corrected chi connectivity index (χ1v) is 9.59. The predicted molar refractivity (Wildman–Crippen MR) is 113 cm³/mol. The third-order valence-electron chi connectivity index (χ3n) is 5.19. The molecule has 2 aromatic carbocycles. The Balaban J connectivity index is 1.51. The van der Waals surface area contributed by atoms with Crippen LogP contribution in [-0.4, -0.2) is 34.4 Å². The summed E-state index contributed by atoms with van der Waals surface area (Å²) in [4.78, 5) is 37.5. The third-order valence-corrected chi connectivity index (χ3v) is 5.19. The first-order chi connectivity index (χ1) is 14.6. The minimum atomic E-state index is -0.877. The molecule has 2 heterocycles. The molecule has 1 saturated heterocycles. The second kappa shape index (κ2) is 8.20. The molecular weight excluding hydrogens is 382 g/mol. The van der Waals surface area contributed by atoms with Crippen LogP contribution < -0.4 is 16.3 Å². The molecule has 4 rings (SSSR count). The van der Waals surface area contributed by atoms with Gasteiger partial charge in [0.05, 0.1) is 17.5 Å². The summed E-state index contributed by atoms with van der Waals surface area (Å²) in [6, 6.07) is 18.6. The average molecular weight is 403 g/mol. The quantitative estimate of drug-likeness (QED) is 0.341. The van der Waals surface area contributed by atoms with Gasteiger partial charge in [0.15, 0.2) is 0 Å². The lowest BCUT2D eigenvalue weighted by Crippen LogP contribution is -2.34. The zero-order valence-electron chi connectivity index (χ0n) is 16.3. The molecule has 1 fully saturated rings. The fraction of sp³-hybridized carbons (Fsp3) is 0.182. The van der Waals surface area contributed by atoms with E-state index in [1.165, 1.54) is 10.9 Å². The molecule has 0 unspecified atom stereocenters. The smallest absolute Gasteiger partial charge is 0.280 e. The summed E-state index contributed by atoms with van der Waals surface area (Å²) in [6.07, 6.45) is 1.30. The number of carbonyl (C=O) groups excluding carboxylic acids is 2. The van der Waals surface area contributed by atoms with E-state index >= 15 is 0 Å². The van der Waals surface area contributed by atoms with E-state index in [9.17, 15) is 14.4 Å². The number of rotatable bonds is 5. The predicted octanol–water partition coefficient (Wildman–Crippen LogP) is 1.45. The third kappa shape index (κ3) is 3.67. The van der Waals surface area contributed by atoms with E-state index in [2.05, 4.69) is 20.9 Å². The van der Waals surface area contributed by atoms with Crippen LogP contribution in [0.2, 0.25) is 0 Å². The Labute approximate surface area is 172 Å². The van der Waals surface area contributed by atoms with Crippen LogP contribution in [0.15, 0.2) is 70.6 Å². The number of carbonyl (C=O) groups is 2. The van der Waals surface area contributed by atoms with Gasteiger partial charge in [0.1, 0.15) is 5.92 Å². The van der Waals surface area contributed by atoms with Crippen molar-refractivity contribution in [2.45, 2.75) is 12.8 Å². The number of amides is 2. The molecule has 2 atom stereocenters. The highest BCUT2D eigenvalue weighted by atomic mass is 16.2. The molecule has 1 aromatic heterocycles. The molecule has 2 amide bonds. The Hall–Kier alpha value is -3.94. The molecular formula is C22H21N5O3. The Morgan fingerprint density at radius 2 is 1.77 bits per heavy atom. The van der Waals surface area contributed by atoms with Gasteiger partial charge in [-0.2, -0.15) is 5.10 Å². The van der Waals surface area contributed by atoms with E-state index in [1.807, 2.05) is 60.7 Å². The lowest BCUT2D eigenvalue weighted by molar-refractivity contribution is -0.133. The van der Waals surface area contributed by atoms with Crippen molar-refractivity contribution >= 4 is 18.0 Å². The van der Waals surface area contributed by atoms with Crippen LogP contribution in [0, 0.1) is 12.8 Å². The largest absolute Gasteiger partial charge is 0.355 e. The Morgan fingerprint density at radius 3 is 2.47 bits per heavy atom. The lowest BCUT2D eigenvalue weighted by Gasteiger charge is -2.15. The summed E-state index contributed by atoms with van der Waals surface area (Å²) in [5, 5.41) is 9.67. The number of hydrazone groups is 1. The SMILES string of the molecule is Cc1[nH]n(-c2ccccc2)c(=O)c1/C=N\NC(=O)[C@@H]1C(=O)NC[C@@H]1c1ccccc1. The van der Waals surface area contributed by atoms with Gasteiger partial charge < -0.3 is 5.32 Å². The normalized spacial score (nSPS) is 18.5. The van der Waals surface area contributed by atoms with E-state index in [1.54, 1.807) is 6.92 Å². The molecule has 0 spiro atoms. The summed E-state index contributed by atoms with van der Waals surface area (Å²) in [5.74, 6) is -1.98. The minimum absolute atomic E-state index is 0.266. The summed E-state index contributed by atoms with van der Waals surface area (Å²) < 4.78 is 1.41. The molecule has 30 heavy (non-hydrogen) atoms. The highest BCUT2D eigenvalue weighted by Gasteiger charge is 2.40. The fourth-order valence-electron chi connectivity index (χ4n) is 3.63. The molecule has 152 valence electrons. The molecule has 0 radical (unpaired) electrons. The fourth-order valence-corrected chi connectivity index (χ4v) is 3.63. The molecule has 0 bridgehead atoms. The second-order valence-electron chi connectivity index (χ2n) is 7.10. The number of nitrogens with zero attached hydrogens (tertiary/aromatic N) is 2. The van der Waals surface area contributed by atoms with E-state index in [-0.39, 0.29) is 17.4 Å². The van der Waals surface area contributed by atoms with Gasteiger partial charge >= 0.3 is 0 Å². The number of aromatic nitrogens is 2. The van der Waals surface area contributed by atoms with Crippen LogP contribution in [0.3, 0.4) is 0 Å². The summed E-state index contributed by atoms with van der Waals surface area (Å²) >= 11 is 0. The monoisotopic (exact) mass is 403 g/mol. The highest BCUT2D eigenvalue weighted by Crippen LogP contribution is 2.28. The summed E-state index contributed by atoms with van der Waals surface area (Å²) in [5.41, 5.74) is 4.68. The van der Waals surface area contributed by atoms with Crippen LogP contribution in [0.25, 0.3) is 5.69 Å². The van der Waals surface area contributed by atoms with Crippen molar-refractivity contribution in [3.8, 4) is 5.69 Å². The average Bonchev–Trinajstić information content (AvgIpc) is 3.29. The number of benzene rings is 2. The van der Waals surface area contributed by atoms with Gasteiger partial charge in [0, 0.05) is 18.2 Å². The van der Waals surface area contributed by atoms with Gasteiger partial charge in [-0.25, -0.2) is 10.1 Å². The number of hydrogen-bond acceptors (Lipinski definition) is 4. The Bertz CT molecular complexity index is 1150. The van der Waals surface area contributed by atoms with Crippen LogP contribution in [-0.2, 0) is 9.59 Å². The molecule has 3 N–H and O–H groups in total. The van der Waals surface area contributed by atoms with Crippen molar-refractivity contribution < 1.29 is 9.59 Å². The van der Waals surface area contributed by atoms with Crippen molar-refractivity contribution in [3.05, 3.63) is 87.8 Å². The van der Waals surface area contributed by atoms with Gasteiger partial charge in [-0.15, -0.1) is 0 Å². The molecule has 1 aliphatic heterocycles. The first-order valence-electron chi connectivity index (χ1n) is 9.59. The standard InChI is InChI=1S/C22H21N5O3/c1-14-17(22(30)27(26-14)16-10-6-3-7-11-16)13-24-25-21(29)19-18(12-23-20(19)28)15-8-4-2-5-9-15/h2-11,13,18-19,26H,12H2,1H3,(H,23,28)(H,25,29)/b24-13-/t18-,19+/m1/s1. The molecule has 1 aliphatic rings. The highest BCUT2D eigenvalue weighted by molar-refractivity contribution is 6.03. The van der Waals surface area contributed by atoms with E-state index < -0.39 is 11.8 Å². The van der Waals surface area contributed by atoms with Crippen molar-refractivity contribution in [2.75, 3.05) is 6.54 Å². The number of para-hydroxylation sites is 1. The number of hydrogen-bond donors (Lipinski definition) is 3. The first kappa shape index (κ1) is 19.4. The topological polar surface area (TPSA) is 108 Å². The zero-order valence-corrected chi connectivity index (χ0v) is 16.3. The maximum atomic E-state index is 12.7. The molecule has 8 heteroatoms. The van der Waals surface area contributed by atoms with Crippen molar-refractivity contribution in [1.82, 2.24) is 20.5 Å². The molecule has 8 nitrogen and oxygen atoms in total. The molecule has 3 aromatic rings. The summed E-state index contributed by atoms with van der Waals surface area (Å²) in [7, 11) is 0. The van der Waals surface area contributed by atoms with Crippen LogP contribution in [0.4, 0.5) is 0 Å². The van der Waals surface area contributed by atoms with E-state index in [4.69, 9.17) is 0 Å². The lowest BCUT2D eigenvalue weighted by atomic mass is 9.88. The number of H-pyrrole nitrogens is 1. The number of nitrogens with one attached hydrogen (secondary N) is 3.